The van der Waals surface area contributed by atoms with Crippen LogP contribution in [0.4, 0.5) is 4.39 Å². The number of aromatic nitrogens is 1. The van der Waals surface area contributed by atoms with Gasteiger partial charge in [-0.25, -0.2) is 9.37 Å². The summed E-state index contributed by atoms with van der Waals surface area (Å²) in [7, 11) is 0. The predicted molar refractivity (Wildman–Crippen MR) is 65.0 cm³/mol. The SMILES string of the molecule is Fc1ccccc1-c1cnc(Br)c(Br)c1. The number of benzene rings is 1. The van der Waals surface area contributed by atoms with Crippen molar-refractivity contribution in [2.75, 3.05) is 0 Å². The lowest BCUT2D eigenvalue weighted by Gasteiger charge is -2.03. The van der Waals surface area contributed by atoms with Crippen LogP contribution in [0.2, 0.25) is 0 Å². The topological polar surface area (TPSA) is 12.9 Å². The van der Waals surface area contributed by atoms with Gasteiger partial charge in [-0.1, -0.05) is 18.2 Å². The van der Waals surface area contributed by atoms with E-state index in [1.165, 1.54) is 6.07 Å². The van der Waals surface area contributed by atoms with E-state index in [0.29, 0.717) is 10.2 Å². The summed E-state index contributed by atoms with van der Waals surface area (Å²) in [5, 5.41) is 0. The van der Waals surface area contributed by atoms with Crippen molar-refractivity contribution in [1.82, 2.24) is 4.98 Å². The highest BCUT2D eigenvalue weighted by molar-refractivity contribution is 9.13. The molecule has 1 aromatic carbocycles. The Kier molecular flexibility index (Phi) is 3.17. The lowest BCUT2D eigenvalue weighted by atomic mass is 10.1. The first-order valence-corrected chi connectivity index (χ1v) is 5.83. The van der Waals surface area contributed by atoms with Gasteiger partial charge in [0.25, 0.3) is 0 Å². The molecule has 0 spiro atoms. The van der Waals surface area contributed by atoms with E-state index in [1.807, 2.05) is 6.07 Å². The van der Waals surface area contributed by atoms with Gasteiger partial charge in [-0.2, -0.15) is 0 Å². The molecule has 4 heteroatoms. The summed E-state index contributed by atoms with van der Waals surface area (Å²) in [6, 6.07) is 8.46. The van der Waals surface area contributed by atoms with Crippen LogP contribution in [0, 0.1) is 5.82 Å². The molecule has 1 nitrogen and oxygen atoms in total. The minimum atomic E-state index is -0.242. The molecule has 0 fully saturated rings. The van der Waals surface area contributed by atoms with E-state index in [4.69, 9.17) is 0 Å². The molecule has 0 aliphatic carbocycles. The molecule has 0 amide bonds. The van der Waals surface area contributed by atoms with Gasteiger partial charge in [0.2, 0.25) is 0 Å². The second-order valence-corrected chi connectivity index (χ2v) is 4.58. The average Bonchev–Trinajstić information content (AvgIpc) is 2.23. The summed E-state index contributed by atoms with van der Waals surface area (Å²) in [5.41, 5.74) is 1.31. The molecule has 0 unspecified atom stereocenters. The second-order valence-electron chi connectivity index (χ2n) is 2.98. The van der Waals surface area contributed by atoms with Crippen LogP contribution >= 0.6 is 31.9 Å². The summed E-state index contributed by atoms with van der Waals surface area (Å²) in [6.07, 6.45) is 1.63. The van der Waals surface area contributed by atoms with E-state index in [0.717, 1.165) is 10.0 Å². The highest BCUT2D eigenvalue weighted by atomic mass is 79.9. The third kappa shape index (κ3) is 2.26. The van der Waals surface area contributed by atoms with E-state index in [1.54, 1.807) is 24.4 Å². The highest BCUT2D eigenvalue weighted by Crippen LogP contribution is 2.28. The Labute approximate surface area is 104 Å². The molecule has 2 aromatic rings. The fourth-order valence-electron chi connectivity index (χ4n) is 1.26. The van der Waals surface area contributed by atoms with E-state index < -0.39 is 0 Å². The van der Waals surface area contributed by atoms with Crippen molar-refractivity contribution >= 4 is 31.9 Å². The van der Waals surface area contributed by atoms with Crippen LogP contribution < -0.4 is 0 Å². The van der Waals surface area contributed by atoms with Crippen LogP contribution in [0.25, 0.3) is 11.1 Å². The third-order valence-electron chi connectivity index (χ3n) is 1.98. The van der Waals surface area contributed by atoms with Gasteiger partial charge in [0.15, 0.2) is 0 Å². The molecule has 0 saturated heterocycles. The standard InChI is InChI=1S/C11H6Br2FN/c12-9-5-7(6-15-11(9)13)8-3-1-2-4-10(8)14/h1-6H. The van der Waals surface area contributed by atoms with Crippen LogP contribution in [0.5, 0.6) is 0 Å². The van der Waals surface area contributed by atoms with E-state index in [2.05, 4.69) is 36.8 Å². The first kappa shape index (κ1) is 10.8. The smallest absolute Gasteiger partial charge is 0.131 e. The first-order valence-electron chi connectivity index (χ1n) is 4.24. The Morgan fingerprint density at radius 1 is 1.13 bits per heavy atom. The number of pyridine rings is 1. The Balaban J connectivity index is 2.55. The third-order valence-corrected chi connectivity index (χ3v) is 3.75. The highest BCUT2D eigenvalue weighted by Gasteiger charge is 2.06. The zero-order valence-corrected chi connectivity index (χ0v) is 10.7. The largest absolute Gasteiger partial charge is 0.248 e. The lowest BCUT2D eigenvalue weighted by molar-refractivity contribution is 0.631. The van der Waals surface area contributed by atoms with Crippen LogP contribution in [0.15, 0.2) is 45.6 Å². The zero-order chi connectivity index (χ0) is 10.8. The van der Waals surface area contributed by atoms with E-state index >= 15 is 0 Å². The van der Waals surface area contributed by atoms with Gasteiger partial charge in [-0.15, -0.1) is 0 Å². The molecule has 0 N–H and O–H groups in total. The molecule has 0 bridgehead atoms. The van der Waals surface area contributed by atoms with Crippen LogP contribution in [0.3, 0.4) is 0 Å². The van der Waals surface area contributed by atoms with Crippen molar-refractivity contribution in [3.63, 3.8) is 0 Å². The van der Waals surface area contributed by atoms with Crippen molar-refractivity contribution in [1.29, 1.82) is 0 Å². The molecule has 76 valence electrons. The fourth-order valence-corrected chi connectivity index (χ4v) is 1.83. The Morgan fingerprint density at radius 2 is 1.87 bits per heavy atom. The average molecular weight is 331 g/mol. The maximum Gasteiger partial charge on any atom is 0.131 e. The Morgan fingerprint density at radius 3 is 2.53 bits per heavy atom. The van der Waals surface area contributed by atoms with Crippen molar-refractivity contribution in [2.24, 2.45) is 0 Å². The second kappa shape index (κ2) is 4.41. The summed E-state index contributed by atoms with van der Waals surface area (Å²) < 4.78 is 15.0. The fraction of sp³-hybridized carbons (Fsp3) is 0. The number of hydrogen-bond donors (Lipinski definition) is 0. The van der Waals surface area contributed by atoms with Gasteiger partial charge in [-0.05, 0) is 44.0 Å². The van der Waals surface area contributed by atoms with Gasteiger partial charge in [0, 0.05) is 17.3 Å². The van der Waals surface area contributed by atoms with Crippen LogP contribution in [-0.2, 0) is 0 Å². The lowest BCUT2D eigenvalue weighted by Crippen LogP contribution is -1.86. The monoisotopic (exact) mass is 329 g/mol. The molecular weight excluding hydrogens is 325 g/mol. The maximum absolute atomic E-state index is 13.5. The summed E-state index contributed by atoms with van der Waals surface area (Å²) >= 11 is 6.60. The predicted octanol–water partition coefficient (Wildman–Crippen LogP) is 4.41. The summed E-state index contributed by atoms with van der Waals surface area (Å²) in [5.74, 6) is -0.242. The summed E-state index contributed by atoms with van der Waals surface area (Å²) in [6.45, 7) is 0. The quantitative estimate of drug-likeness (QED) is 0.706. The van der Waals surface area contributed by atoms with Gasteiger partial charge < -0.3 is 0 Å². The van der Waals surface area contributed by atoms with Gasteiger partial charge >= 0.3 is 0 Å². The van der Waals surface area contributed by atoms with Crippen molar-refractivity contribution in [3.8, 4) is 11.1 Å². The number of rotatable bonds is 1. The zero-order valence-electron chi connectivity index (χ0n) is 7.55. The maximum atomic E-state index is 13.5. The van der Waals surface area contributed by atoms with Gasteiger partial charge in [0.05, 0.1) is 4.47 Å². The van der Waals surface area contributed by atoms with Crippen LogP contribution in [0.1, 0.15) is 0 Å². The first-order chi connectivity index (χ1) is 7.18. The molecular formula is C11H6Br2FN. The molecule has 0 aliphatic heterocycles. The molecule has 0 radical (unpaired) electrons. The van der Waals surface area contributed by atoms with Crippen LogP contribution in [-0.4, -0.2) is 4.98 Å². The van der Waals surface area contributed by atoms with E-state index in [-0.39, 0.29) is 5.82 Å². The van der Waals surface area contributed by atoms with E-state index in [9.17, 15) is 4.39 Å². The molecule has 15 heavy (non-hydrogen) atoms. The number of hydrogen-bond acceptors (Lipinski definition) is 1. The number of nitrogens with zero attached hydrogens (tertiary/aromatic N) is 1. The molecule has 0 aliphatic rings. The van der Waals surface area contributed by atoms with Crippen molar-refractivity contribution < 1.29 is 4.39 Å². The molecule has 1 heterocycles. The Bertz CT molecular complexity index is 500. The minimum absolute atomic E-state index is 0.242. The Hall–Kier alpha value is -0.740. The minimum Gasteiger partial charge on any atom is -0.248 e. The molecule has 0 atom stereocenters. The normalized spacial score (nSPS) is 10.3. The number of halogens is 3. The molecule has 1 aromatic heterocycles. The molecule has 2 rings (SSSR count). The van der Waals surface area contributed by atoms with Gasteiger partial charge in [-0.3, -0.25) is 0 Å². The van der Waals surface area contributed by atoms with Crippen molar-refractivity contribution in [3.05, 3.63) is 51.4 Å². The molecule has 0 saturated carbocycles. The van der Waals surface area contributed by atoms with Crippen molar-refractivity contribution in [2.45, 2.75) is 0 Å². The summed E-state index contributed by atoms with van der Waals surface area (Å²) in [4.78, 5) is 4.10. The van der Waals surface area contributed by atoms with Gasteiger partial charge in [0.1, 0.15) is 10.4 Å².